The molecule has 0 unspecified atom stereocenters. The summed E-state index contributed by atoms with van der Waals surface area (Å²) < 4.78 is 0. The van der Waals surface area contributed by atoms with Gasteiger partial charge in [0.25, 0.3) is 0 Å². The lowest BCUT2D eigenvalue weighted by atomic mass is 10.3. The van der Waals surface area contributed by atoms with Gasteiger partial charge in [-0.15, -0.1) is 0 Å². The van der Waals surface area contributed by atoms with Crippen LogP contribution >= 0.6 is 0 Å². The minimum atomic E-state index is 0.878. The van der Waals surface area contributed by atoms with Crippen LogP contribution in [0.4, 0.5) is 0 Å². The summed E-state index contributed by atoms with van der Waals surface area (Å²) in [5.74, 6) is 5.34. The summed E-state index contributed by atoms with van der Waals surface area (Å²) in [6.45, 7) is 2.00. The van der Waals surface area contributed by atoms with Crippen molar-refractivity contribution < 1.29 is 0 Å². The zero-order valence-corrected chi connectivity index (χ0v) is 5.39. The summed E-state index contributed by atoms with van der Waals surface area (Å²) in [5.41, 5.74) is 6.15. The van der Waals surface area contributed by atoms with Crippen LogP contribution in [0.2, 0.25) is 0 Å². The average Bonchev–Trinajstić information content (AvgIpc) is 1.69. The van der Waals surface area contributed by atoms with Gasteiger partial charge in [-0.3, -0.25) is 0 Å². The number of nitrogens with two attached hydrogens (primary N) is 2. The second kappa shape index (κ2) is 3.32. The maximum atomic E-state index is 5.34. The maximum absolute atomic E-state index is 5.34. The molecule has 0 spiro atoms. The molecule has 0 fully saturated rings. The summed E-state index contributed by atoms with van der Waals surface area (Å²) in [5, 5.41) is 1.51. The summed E-state index contributed by atoms with van der Waals surface area (Å²) >= 11 is 0. The van der Waals surface area contributed by atoms with E-state index < -0.39 is 0 Å². The largest absolute Gasteiger partial charge is 0.403 e. The fourth-order valence-corrected chi connectivity index (χ4v) is 0.485. The number of rotatable bonds is 2. The Labute approximate surface area is 49.9 Å². The van der Waals surface area contributed by atoms with Gasteiger partial charge in [-0.25, -0.2) is 5.84 Å². The molecule has 0 atom stereocenters. The Morgan fingerprint density at radius 2 is 2.25 bits per heavy atom. The predicted molar refractivity (Wildman–Crippen MR) is 34.5 cm³/mol. The maximum Gasteiger partial charge on any atom is 0.0439 e. The van der Waals surface area contributed by atoms with Crippen molar-refractivity contribution in [2.75, 3.05) is 7.05 Å². The molecule has 0 saturated carbocycles. The third-order valence-corrected chi connectivity index (χ3v) is 1.01. The smallest absolute Gasteiger partial charge is 0.0439 e. The van der Waals surface area contributed by atoms with Crippen molar-refractivity contribution in [1.29, 1.82) is 0 Å². The van der Waals surface area contributed by atoms with Crippen molar-refractivity contribution in [1.82, 2.24) is 5.01 Å². The van der Waals surface area contributed by atoms with Gasteiger partial charge < -0.3 is 10.7 Å². The van der Waals surface area contributed by atoms with Gasteiger partial charge in [0.05, 0.1) is 0 Å². The summed E-state index contributed by atoms with van der Waals surface area (Å²) in [4.78, 5) is 0. The number of hydrazine groups is 1. The van der Waals surface area contributed by atoms with Crippen LogP contribution in [0.5, 0.6) is 0 Å². The lowest BCUT2D eigenvalue weighted by Gasteiger charge is -2.12. The lowest BCUT2D eigenvalue weighted by molar-refractivity contribution is 0.425. The van der Waals surface area contributed by atoms with Crippen LogP contribution in [0.25, 0.3) is 0 Å². The second-order valence-electron chi connectivity index (χ2n) is 1.62. The van der Waals surface area contributed by atoms with E-state index in [1.165, 1.54) is 11.2 Å². The van der Waals surface area contributed by atoms with Crippen molar-refractivity contribution in [3.63, 3.8) is 0 Å². The number of allylic oxidation sites excluding steroid dienone is 1. The fraction of sp³-hybridized carbons (Fsp3) is 0.600. The molecule has 8 heavy (non-hydrogen) atoms. The fourth-order valence-electron chi connectivity index (χ4n) is 0.485. The SMILES string of the molecule is CC/C(=C/N)N(C)N. The number of nitrogens with zero attached hydrogens (tertiary/aromatic N) is 1. The van der Waals surface area contributed by atoms with Gasteiger partial charge in [0.15, 0.2) is 0 Å². The molecule has 0 heterocycles. The molecule has 0 bridgehead atoms. The van der Waals surface area contributed by atoms with E-state index in [0.29, 0.717) is 0 Å². The Kier molecular flexibility index (Phi) is 3.03. The lowest BCUT2D eigenvalue weighted by Crippen LogP contribution is -2.25. The molecule has 0 aliphatic heterocycles. The Bertz CT molecular complexity index is 85.7. The molecule has 3 heteroatoms. The van der Waals surface area contributed by atoms with E-state index in [0.717, 1.165) is 12.1 Å². The molecule has 0 radical (unpaired) electrons. The van der Waals surface area contributed by atoms with E-state index in [1.54, 1.807) is 7.05 Å². The van der Waals surface area contributed by atoms with Crippen molar-refractivity contribution in [2.45, 2.75) is 13.3 Å². The zero-order chi connectivity index (χ0) is 6.57. The van der Waals surface area contributed by atoms with Crippen LogP contribution in [-0.4, -0.2) is 12.1 Å². The molecule has 48 valence electrons. The first-order valence-corrected chi connectivity index (χ1v) is 2.61. The molecule has 0 aromatic carbocycles. The molecule has 0 aromatic heterocycles. The zero-order valence-electron chi connectivity index (χ0n) is 5.39. The third kappa shape index (κ3) is 1.84. The van der Waals surface area contributed by atoms with Crippen LogP contribution in [0.1, 0.15) is 13.3 Å². The second-order valence-corrected chi connectivity index (χ2v) is 1.62. The molecule has 0 aliphatic carbocycles. The Morgan fingerprint density at radius 1 is 1.75 bits per heavy atom. The number of hydrogen-bond acceptors (Lipinski definition) is 3. The first-order valence-electron chi connectivity index (χ1n) is 2.61. The minimum Gasteiger partial charge on any atom is -0.403 e. The average molecular weight is 115 g/mol. The minimum absolute atomic E-state index is 0.878. The quantitative estimate of drug-likeness (QED) is 0.393. The molecule has 0 aromatic rings. The van der Waals surface area contributed by atoms with Crippen LogP contribution in [0.3, 0.4) is 0 Å². The molecule has 0 amide bonds. The molecular formula is C5H13N3. The molecular weight excluding hydrogens is 102 g/mol. The summed E-state index contributed by atoms with van der Waals surface area (Å²) in [7, 11) is 1.77. The van der Waals surface area contributed by atoms with Crippen LogP contribution < -0.4 is 11.6 Å². The Balaban J connectivity index is 3.72. The van der Waals surface area contributed by atoms with Crippen molar-refractivity contribution in [2.24, 2.45) is 11.6 Å². The molecule has 0 aliphatic rings. The van der Waals surface area contributed by atoms with Gasteiger partial charge in [0.2, 0.25) is 0 Å². The first-order chi connectivity index (χ1) is 3.72. The topological polar surface area (TPSA) is 55.3 Å². The van der Waals surface area contributed by atoms with Gasteiger partial charge in [-0.2, -0.15) is 0 Å². The van der Waals surface area contributed by atoms with Crippen molar-refractivity contribution in [3.8, 4) is 0 Å². The molecule has 3 nitrogen and oxygen atoms in total. The molecule has 4 N–H and O–H groups in total. The van der Waals surface area contributed by atoms with Crippen LogP contribution in [-0.2, 0) is 0 Å². The van der Waals surface area contributed by atoms with Gasteiger partial charge >= 0.3 is 0 Å². The van der Waals surface area contributed by atoms with Crippen molar-refractivity contribution >= 4 is 0 Å². The van der Waals surface area contributed by atoms with Crippen LogP contribution in [0, 0.1) is 0 Å². The van der Waals surface area contributed by atoms with Crippen molar-refractivity contribution in [3.05, 3.63) is 11.9 Å². The predicted octanol–water partition coefficient (Wildman–Crippen LogP) is 0.00200. The van der Waals surface area contributed by atoms with Gasteiger partial charge in [0.1, 0.15) is 0 Å². The standard InChI is InChI=1S/C5H13N3/c1-3-5(4-6)8(2)7/h4H,3,6-7H2,1-2H3/b5-4-. The van der Waals surface area contributed by atoms with Gasteiger partial charge in [-0.1, -0.05) is 6.92 Å². The van der Waals surface area contributed by atoms with E-state index in [-0.39, 0.29) is 0 Å². The first kappa shape index (κ1) is 7.30. The van der Waals surface area contributed by atoms with Crippen LogP contribution in [0.15, 0.2) is 11.9 Å². The van der Waals surface area contributed by atoms with E-state index in [9.17, 15) is 0 Å². The highest BCUT2D eigenvalue weighted by atomic mass is 15.4. The van der Waals surface area contributed by atoms with E-state index in [4.69, 9.17) is 11.6 Å². The number of hydrogen-bond donors (Lipinski definition) is 2. The van der Waals surface area contributed by atoms with E-state index in [2.05, 4.69) is 0 Å². The highest BCUT2D eigenvalue weighted by Crippen LogP contribution is 1.96. The van der Waals surface area contributed by atoms with E-state index in [1.807, 2.05) is 6.92 Å². The third-order valence-electron chi connectivity index (χ3n) is 1.01. The summed E-state index contributed by atoms with van der Waals surface area (Å²) in [6, 6.07) is 0. The Hall–Kier alpha value is -0.700. The highest BCUT2D eigenvalue weighted by Gasteiger charge is 1.91. The van der Waals surface area contributed by atoms with Gasteiger partial charge in [-0.05, 0) is 6.42 Å². The van der Waals surface area contributed by atoms with Gasteiger partial charge in [0, 0.05) is 18.9 Å². The molecule has 0 rings (SSSR count). The summed E-state index contributed by atoms with van der Waals surface area (Å²) in [6.07, 6.45) is 2.39. The molecule has 0 saturated heterocycles. The normalized spacial score (nSPS) is 11.6. The Morgan fingerprint density at radius 3 is 2.25 bits per heavy atom. The van der Waals surface area contributed by atoms with E-state index >= 15 is 0 Å². The monoisotopic (exact) mass is 115 g/mol. The highest BCUT2D eigenvalue weighted by molar-refractivity contribution is 4.93.